The van der Waals surface area contributed by atoms with E-state index in [1.165, 1.54) is 12.3 Å². The second-order valence-corrected chi connectivity index (χ2v) is 4.48. The van der Waals surface area contributed by atoms with Crippen LogP contribution >= 0.6 is 11.6 Å². The quantitative estimate of drug-likeness (QED) is 0.815. The van der Waals surface area contributed by atoms with Crippen molar-refractivity contribution in [1.82, 2.24) is 25.1 Å². The number of nitrogens with zero attached hydrogens (tertiary/aromatic N) is 4. The number of hydrogen-bond acceptors (Lipinski definition) is 5. The van der Waals surface area contributed by atoms with Crippen molar-refractivity contribution < 1.29 is 4.79 Å². The fourth-order valence-corrected chi connectivity index (χ4v) is 1.82. The van der Waals surface area contributed by atoms with Crippen LogP contribution in [0.5, 0.6) is 0 Å². The maximum Gasteiger partial charge on any atom is 0.254 e. The molecule has 2 rings (SSSR count). The lowest BCUT2D eigenvalue weighted by atomic mass is 10.2. The summed E-state index contributed by atoms with van der Waals surface area (Å²) in [7, 11) is 1.80. The number of anilines is 1. The maximum absolute atomic E-state index is 12.1. The van der Waals surface area contributed by atoms with Gasteiger partial charge < -0.3 is 15.6 Å². The lowest BCUT2D eigenvalue weighted by Gasteiger charge is -2.13. The molecule has 7 nitrogen and oxygen atoms in total. The van der Waals surface area contributed by atoms with Gasteiger partial charge in [-0.05, 0) is 13.0 Å². The van der Waals surface area contributed by atoms with Crippen molar-refractivity contribution in [2.24, 2.45) is 7.05 Å². The van der Waals surface area contributed by atoms with Crippen molar-refractivity contribution in [2.75, 3.05) is 5.73 Å². The van der Waals surface area contributed by atoms with Gasteiger partial charge in [0, 0.05) is 7.05 Å². The summed E-state index contributed by atoms with van der Waals surface area (Å²) in [5.41, 5.74) is 6.26. The Hall–Kier alpha value is -2.15. The highest BCUT2D eigenvalue weighted by atomic mass is 35.5. The molecule has 8 heteroatoms. The second kappa shape index (κ2) is 5.23. The molecule has 0 bridgehead atoms. The summed E-state index contributed by atoms with van der Waals surface area (Å²) < 4.78 is 1.73. The van der Waals surface area contributed by atoms with E-state index in [2.05, 4.69) is 20.5 Å². The molecule has 3 N–H and O–H groups in total. The van der Waals surface area contributed by atoms with Gasteiger partial charge in [-0.2, -0.15) is 0 Å². The third-order valence-electron chi connectivity index (χ3n) is 2.63. The highest BCUT2D eigenvalue weighted by molar-refractivity contribution is 6.29. The number of carbonyl (C=O) groups is 1. The number of pyridine rings is 1. The first-order valence-corrected chi connectivity index (χ1v) is 5.92. The predicted octanol–water partition coefficient (Wildman–Crippen LogP) is 0.937. The lowest BCUT2D eigenvalue weighted by Crippen LogP contribution is -2.29. The number of halogens is 1. The van der Waals surface area contributed by atoms with E-state index >= 15 is 0 Å². The highest BCUT2D eigenvalue weighted by Gasteiger charge is 2.17. The fraction of sp³-hybridized carbons (Fsp3) is 0.273. The van der Waals surface area contributed by atoms with Gasteiger partial charge in [0.15, 0.2) is 5.82 Å². The number of nitrogen functional groups attached to an aromatic ring is 1. The average Bonchev–Trinajstić information content (AvgIpc) is 2.78. The molecule has 2 aromatic heterocycles. The molecule has 0 spiro atoms. The number of nitrogens with one attached hydrogen (secondary N) is 1. The molecule has 0 fully saturated rings. The summed E-state index contributed by atoms with van der Waals surface area (Å²) in [6, 6.07) is 1.13. The van der Waals surface area contributed by atoms with Crippen molar-refractivity contribution in [1.29, 1.82) is 0 Å². The largest absolute Gasteiger partial charge is 0.397 e. The van der Waals surface area contributed by atoms with Gasteiger partial charge in [0.25, 0.3) is 5.91 Å². The van der Waals surface area contributed by atoms with Gasteiger partial charge in [-0.15, -0.1) is 10.2 Å². The minimum absolute atomic E-state index is 0.214. The topological polar surface area (TPSA) is 98.7 Å². The zero-order valence-electron chi connectivity index (χ0n) is 10.5. The van der Waals surface area contributed by atoms with Crippen LogP contribution in [0.4, 0.5) is 5.69 Å². The van der Waals surface area contributed by atoms with E-state index in [-0.39, 0.29) is 28.4 Å². The fourth-order valence-electron chi connectivity index (χ4n) is 1.66. The third-order valence-corrected chi connectivity index (χ3v) is 2.83. The maximum atomic E-state index is 12.1. The molecule has 1 amide bonds. The number of aromatic nitrogens is 4. The first kappa shape index (κ1) is 13.3. The monoisotopic (exact) mass is 280 g/mol. The van der Waals surface area contributed by atoms with Crippen LogP contribution in [0.3, 0.4) is 0 Å². The molecule has 19 heavy (non-hydrogen) atoms. The summed E-state index contributed by atoms with van der Waals surface area (Å²) >= 11 is 5.75. The van der Waals surface area contributed by atoms with E-state index in [9.17, 15) is 4.79 Å². The minimum atomic E-state index is -0.336. The molecule has 100 valence electrons. The van der Waals surface area contributed by atoms with E-state index in [0.717, 1.165) is 0 Å². The Morgan fingerprint density at radius 2 is 2.32 bits per heavy atom. The van der Waals surface area contributed by atoms with Gasteiger partial charge in [-0.3, -0.25) is 4.79 Å². The molecular formula is C11H13ClN6O. The normalized spacial score (nSPS) is 12.2. The molecular weight excluding hydrogens is 268 g/mol. The lowest BCUT2D eigenvalue weighted by molar-refractivity contribution is 0.0938. The Morgan fingerprint density at radius 3 is 2.95 bits per heavy atom. The number of amides is 1. The number of hydrogen-bond donors (Lipinski definition) is 2. The number of rotatable bonds is 3. The van der Waals surface area contributed by atoms with Gasteiger partial charge >= 0.3 is 0 Å². The molecule has 0 aliphatic heterocycles. The van der Waals surface area contributed by atoms with Gasteiger partial charge in [0.1, 0.15) is 11.5 Å². The number of aryl methyl sites for hydroxylation is 1. The molecule has 0 radical (unpaired) electrons. The number of nitrogens with two attached hydrogens (primary N) is 1. The van der Waals surface area contributed by atoms with Crippen molar-refractivity contribution in [3.63, 3.8) is 0 Å². The number of carbonyl (C=O) groups excluding carboxylic acids is 1. The Bertz CT molecular complexity index is 611. The molecule has 2 heterocycles. The van der Waals surface area contributed by atoms with Gasteiger partial charge in [0.05, 0.1) is 23.5 Å². The SMILES string of the molecule is CC(NC(=O)c1cc(Cl)ncc1N)c1nncn1C. The van der Waals surface area contributed by atoms with Crippen LogP contribution in [-0.4, -0.2) is 25.7 Å². The Labute approximate surface area is 114 Å². The molecule has 0 saturated carbocycles. The summed E-state index contributed by atoms with van der Waals surface area (Å²) in [4.78, 5) is 15.9. The van der Waals surface area contributed by atoms with Crippen molar-refractivity contribution in [3.05, 3.63) is 35.1 Å². The van der Waals surface area contributed by atoms with E-state index < -0.39 is 0 Å². The standard InChI is InChI=1S/C11H13ClN6O/c1-6(10-17-15-5-18(10)2)16-11(19)7-3-9(12)14-4-8(7)13/h3-6H,13H2,1-2H3,(H,16,19). The van der Waals surface area contributed by atoms with Crippen LogP contribution in [0, 0.1) is 0 Å². The van der Waals surface area contributed by atoms with Gasteiger partial charge in [-0.1, -0.05) is 11.6 Å². The average molecular weight is 281 g/mol. The van der Waals surface area contributed by atoms with Gasteiger partial charge in [-0.25, -0.2) is 4.98 Å². The molecule has 0 aromatic carbocycles. The zero-order valence-corrected chi connectivity index (χ0v) is 11.2. The summed E-state index contributed by atoms with van der Waals surface area (Å²) in [5, 5.41) is 10.7. The Kier molecular flexibility index (Phi) is 3.66. The van der Waals surface area contributed by atoms with Crippen LogP contribution in [0.1, 0.15) is 29.1 Å². The van der Waals surface area contributed by atoms with E-state index in [4.69, 9.17) is 17.3 Å². The first-order chi connectivity index (χ1) is 8.99. The van der Waals surface area contributed by atoms with Gasteiger partial charge in [0.2, 0.25) is 0 Å². The summed E-state index contributed by atoms with van der Waals surface area (Å²) in [6.45, 7) is 1.81. The molecule has 2 aromatic rings. The second-order valence-electron chi connectivity index (χ2n) is 4.09. The molecule has 0 aliphatic rings. The molecule has 0 saturated heterocycles. The van der Waals surface area contributed by atoms with E-state index in [1.54, 1.807) is 24.9 Å². The van der Waals surface area contributed by atoms with Crippen LogP contribution in [0.2, 0.25) is 5.15 Å². The Morgan fingerprint density at radius 1 is 1.58 bits per heavy atom. The molecule has 0 aliphatic carbocycles. The predicted molar refractivity (Wildman–Crippen MR) is 70.5 cm³/mol. The van der Waals surface area contributed by atoms with E-state index in [1.807, 2.05) is 0 Å². The summed E-state index contributed by atoms with van der Waals surface area (Å²) in [6.07, 6.45) is 2.92. The van der Waals surface area contributed by atoms with Crippen LogP contribution in [0.15, 0.2) is 18.6 Å². The molecule has 1 unspecified atom stereocenters. The molecule has 1 atom stereocenters. The highest BCUT2D eigenvalue weighted by Crippen LogP contribution is 2.16. The smallest absolute Gasteiger partial charge is 0.254 e. The Balaban J connectivity index is 2.17. The third kappa shape index (κ3) is 2.82. The van der Waals surface area contributed by atoms with Crippen LogP contribution < -0.4 is 11.1 Å². The van der Waals surface area contributed by atoms with E-state index in [0.29, 0.717) is 5.82 Å². The van der Waals surface area contributed by atoms with Crippen molar-refractivity contribution in [2.45, 2.75) is 13.0 Å². The van der Waals surface area contributed by atoms with Crippen molar-refractivity contribution in [3.8, 4) is 0 Å². The zero-order chi connectivity index (χ0) is 14.0. The van der Waals surface area contributed by atoms with Crippen LogP contribution in [0.25, 0.3) is 0 Å². The summed E-state index contributed by atoms with van der Waals surface area (Å²) in [5.74, 6) is 0.310. The first-order valence-electron chi connectivity index (χ1n) is 5.55. The van der Waals surface area contributed by atoms with Crippen LogP contribution in [-0.2, 0) is 7.05 Å². The minimum Gasteiger partial charge on any atom is -0.397 e. The van der Waals surface area contributed by atoms with Crippen molar-refractivity contribution >= 4 is 23.2 Å².